The summed E-state index contributed by atoms with van der Waals surface area (Å²) in [5, 5.41) is 0. The molecular weight excluding hydrogens is 326 g/mol. The number of halogens is 2. The lowest BCUT2D eigenvalue weighted by atomic mass is 10.0. The van der Waals surface area contributed by atoms with Gasteiger partial charge in [0.15, 0.2) is 0 Å². The summed E-state index contributed by atoms with van der Waals surface area (Å²) < 4.78 is 6.67. The number of rotatable bonds is 4. The average molecular weight is 341 g/mol. The van der Waals surface area contributed by atoms with Gasteiger partial charge in [-0.3, -0.25) is 0 Å². The fourth-order valence-electron chi connectivity index (χ4n) is 1.69. The van der Waals surface area contributed by atoms with Crippen molar-refractivity contribution in [3.05, 3.63) is 52.1 Å². The van der Waals surface area contributed by atoms with Crippen molar-refractivity contribution in [3.8, 4) is 11.6 Å². The molecule has 1 aromatic heterocycles. The molecule has 0 saturated heterocycles. The monoisotopic (exact) mass is 339 g/mol. The van der Waals surface area contributed by atoms with Gasteiger partial charge in [-0.1, -0.05) is 26.0 Å². The molecule has 2 aromatic rings. The molecule has 2 nitrogen and oxygen atoms in total. The highest BCUT2D eigenvalue weighted by atomic mass is 79.9. The van der Waals surface area contributed by atoms with Crippen LogP contribution < -0.4 is 4.74 Å². The molecule has 100 valence electrons. The standard InChI is InChI=1S/C15H15BrClNO/c1-10(2)11-3-5-14(6-4-11)19-15-12(8-17)7-13(16)9-18-15/h3-7,9-10H,8H2,1-2H3. The second kappa shape index (κ2) is 6.40. The molecule has 0 spiro atoms. The molecule has 0 amide bonds. The van der Waals surface area contributed by atoms with E-state index in [2.05, 4.69) is 46.9 Å². The summed E-state index contributed by atoms with van der Waals surface area (Å²) in [4.78, 5) is 4.25. The minimum atomic E-state index is 0.367. The molecule has 0 aliphatic rings. The number of ether oxygens (including phenoxy) is 1. The lowest BCUT2D eigenvalue weighted by molar-refractivity contribution is 0.458. The van der Waals surface area contributed by atoms with Gasteiger partial charge in [0.2, 0.25) is 5.88 Å². The molecule has 19 heavy (non-hydrogen) atoms. The van der Waals surface area contributed by atoms with Crippen molar-refractivity contribution in [3.63, 3.8) is 0 Å². The van der Waals surface area contributed by atoms with Crippen molar-refractivity contribution in [2.45, 2.75) is 25.6 Å². The van der Waals surface area contributed by atoms with Gasteiger partial charge < -0.3 is 4.74 Å². The third-order valence-electron chi connectivity index (χ3n) is 2.80. The normalized spacial score (nSPS) is 10.8. The molecule has 0 N–H and O–H groups in total. The highest BCUT2D eigenvalue weighted by molar-refractivity contribution is 9.10. The van der Waals surface area contributed by atoms with Crippen molar-refractivity contribution in [1.29, 1.82) is 0 Å². The third-order valence-corrected chi connectivity index (χ3v) is 3.52. The molecule has 0 bridgehead atoms. The Bertz CT molecular complexity index is 555. The zero-order valence-electron chi connectivity index (χ0n) is 10.9. The number of benzene rings is 1. The SMILES string of the molecule is CC(C)c1ccc(Oc2ncc(Br)cc2CCl)cc1. The van der Waals surface area contributed by atoms with Gasteiger partial charge in [-0.2, -0.15) is 0 Å². The molecule has 1 aromatic carbocycles. The Morgan fingerprint density at radius 1 is 1.26 bits per heavy atom. The molecule has 0 aliphatic heterocycles. The van der Waals surface area contributed by atoms with Crippen LogP contribution in [0.4, 0.5) is 0 Å². The fourth-order valence-corrected chi connectivity index (χ4v) is 2.26. The Labute approximate surface area is 126 Å². The van der Waals surface area contributed by atoms with E-state index >= 15 is 0 Å². The summed E-state index contributed by atoms with van der Waals surface area (Å²) in [5.74, 6) is 2.20. The smallest absolute Gasteiger partial charge is 0.223 e. The van der Waals surface area contributed by atoms with Gasteiger partial charge in [0.05, 0.1) is 5.88 Å². The van der Waals surface area contributed by atoms with Crippen molar-refractivity contribution in [2.24, 2.45) is 0 Å². The van der Waals surface area contributed by atoms with Crippen LogP contribution in [0.1, 0.15) is 30.9 Å². The molecule has 1 heterocycles. The highest BCUT2D eigenvalue weighted by Gasteiger charge is 2.07. The van der Waals surface area contributed by atoms with Crippen LogP contribution in [0.25, 0.3) is 0 Å². The van der Waals surface area contributed by atoms with E-state index in [1.807, 2.05) is 18.2 Å². The topological polar surface area (TPSA) is 22.1 Å². The van der Waals surface area contributed by atoms with Gasteiger partial charge in [-0.25, -0.2) is 4.98 Å². The Hall–Kier alpha value is -1.06. The van der Waals surface area contributed by atoms with E-state index in [9.17, 15) is 0 Å². The first-order valence-corrected chi connectivity index (χ1v) is 7.41. The predicted octanol–water partition coefficient (Wildman–Crippen LogP) is 5.50. The Balaban J connectivity index is 2.21. The van der Waals surface area contributed by atoms with Gasteiger partial charge in [0.1, 0.15) is 5.75 Å². The number of aromatic nitrogens is 1. The molecule has 0 aliphatic carbocycles. The van der Waals surface area contributed by atoms with E-state index in [1.165, 1.54) is 5.56 Å². The van der Waals surface area contributed by atoms with Crippen LogP contribution in [0.3, 0.4) is 0 Å². The summed E-state index contributed by atoms with van der Waals surface area (Å²) >= 11 is 9.27. The number of hydrogen-bond donors (Lipinski definition) is 0. The van der Waals surface area contributed by atoms with E-state index < -0.39 is 0 Å². The van der Waals surface area contributed by atoms with Gasteiger partial charge >= 0.3 is 0 Å². The molecule has 0 radical (unpaired) electrons. The van der Waals surface area contributed by atoms with E-state index in [0.717, 1.165) is 15.8 Å². The fraction of sp³-hybridized carbons (Fsp3) is 0.267. The maximum atomic E-state index is 5.90. The Kier molecular flexibility index (Phi) is 4.83. The van der Waals surface area contributed by atoms with Crippen LogP contribution in [0, 0.1) is 0 Å². The van der Waals surface area contributed by atoms with Crippen LogP contribution in [0.15, 0.2) is 41.0 Å². The maximum Gasteiger partial charge on any atom is 0.223 e. The largest absolute Gasteiger partial charge is 0.439 e. The number of nitrogens with zero attached hydrogens (tertiary/aromatic N) is 1. The maximum absolute atomic E-state index is 5.90. The summed E-state index contributed by atoms with van der Waals surface area (Å²) in [6, 6.07) is 9.96. The molecule has 0 unspecified atom stereocenters. The van der Waals surface area contributed by atoms with Crippen LogP contribution in [-0.2, 0) is 5.88 Å². The summed E-state index contributed by atoms with van der Waals surface area (Å²) in [5.41, 5.74) is 2.15. The third kappa shape index (κ3) is 3.71. The van der Waals surface area contributed by atoms with Crippen LogP contribution >= 0.6 is 27.5 Å². The average Bonchev–Trinajstić information content (AvgIpc) is 2.41. The quantitative estimate of drug-likeness (QED) is 0.686. The molecule has 4 heteroatoms. The van der Waals surface area contributed by atoms with E-state index in [1.54, 1.807) is 6.20 Å². The Morgan fingerprint density at radius 2 is 1.95 bits per heavy atom. The molecule has 2 rings (SSSR count). The second-order valence-corrected chi connectivity index (χ2v) is 5.76. The number of alkyl halides is 1. The van der Waals surface area contributed by atoms with Crippen molar-refractivity contribution < 1.29 is 4.74 Å². The van der Waals surface area contributed by atoms with Crippen LogP contribution in [0.2, 0.25) is 0 Å². The first-order valence-electron chi connectivity index (χ1n) is 6.08. The minimum absolute atomic E-state index is 0.367. The van der Waals surface area contributed by atoms with Crippen LogP contribution in [0.5, 0.6) is 11.6 Å². The van der Waals surface area contributed by atoms with Crippen molar-refractivity contribution in [2.75, 3.05) is 0 Å². The Morgan fingerprint density at radius 3 is 2.53 bits per heavy atom. The number of hydrogen-bond acceptors (Lipinski definition) is 2. The molecular formula is C15H15BrClNO. The first-order chi connectivity index (χ1) is 9.10. The zero-order chi connectivity index (χ0) is 13.8. The van der Waals surface area contributed by atoms with Crippen molar-refractivity contribution >= 4 is 27.5 Å². The highest BCUT2D eigenvalue weighted by Crippen LogP contribution is 2.27. The minimum Gasteiger partial charge on any atom is -0.439 e. The summed E-state index contributed by atoms with van der Waals surface area (Å²) in [6.07, 6.45) is 1.70. The lowest BCUT2D eigenvalue weighted by Gasteiger charge is -2.10. The number of pyridine rings is 1. The molecule has 0 fully saturated rings. The van der Waals surface area contributed by atoms with E-state index in [0.29, 0.717) is 17.7 Å². The van der Waals surface area contributed by atoms with Gasteiger partial charge in [-0.15, -0.1) is 11.6 Å². The lowest BCUT2D eigenvalue weighted by Crippen LogP contribution is -1.94. The van der Waals surface area contributed by atoms with Gasteiger partial charge in [0.25, 0.3) is 0 Å². The van der Waals surface area contributed by atoms with Crippen LogP contribution in [-0.4, -0.2) is 4.98 Å². The van der Waals surface area contributed by atoms with Crippen molar-refractivity contribution in [1.82, 2.24) is 4.98 Å². The van der Waals surface area contributed by atoms with E-state index in [-0.39, 0.29) is 0 Å². The van der Waals surface area contributed by atoms with Gasteiger partial charge in [-0.05, 0) is 45.6 Å². The summed E-state index contributed by atoms with van der Waals surface area (Å²) in [7, 11) is 0. The molecule has 0 atom stereocenters. The molecule has 0 saturated carbocycles. The zero-order valence-corrected chi connectivity index (χ0v) is 13.2. The van der Waals surface area contributed by atoms with E-state index in [4.69, 9.17) is 16.3 Å². The first kappa shape index (κ1) is 14.4. The predicted molar refractivity (Wildman–Crippen MR) is 82.1 cm³/mol. The summed E-state index contributed by atoms with van der Waals surface area (Å²) in [6.45, 7) is 4.33. The van der Waals surface area contributed by atoms with Gasteiger partial charge in [0, 0.05) is 16.2 Å². The second-order valence-electron chi connectivity index (χ2n) is 4.58.